The van der Waals surface area contributed by atoms with Crippen LogP contribution in [0.4, 0.5) is 0 Å². The lowest BCUT2D eigenvalue weighted by Crippen LogP contribution is -2.40. The molecule has 1 N–H and O–H groups in total. The smallest absolute Gasteiger partial charge is 0.187 e. The number of rotatable bonds is 4. The minimum Gasteiger partial charge on any atom is -0.316 e. The van der Waals surface area contributed by atoms with Gasteiger partial charge >= 0.3 is 0 Å². The maximum atomic E-state index is 4.39. The van der Waals surface area contributed by atoms with Crippen molar-refractivity contribution in [2.45, 2.75) is 38.9 Å². The Morgan fingerprint density at radius 3 is 2.62 bits per heavy atom. The maximum Gasteiger partial charge on any atom is 0.187 e. The fourth-order valence-electron chi connectivity index (χ4n) is 1.42. The molecule has 0 radical (unpaired) electrons. The average Bonchev–Trinajstić information content (AvgIpc) is 2.16. The van der Waals surface area contributed by atoms with Gasteiger partial charge in [0.05, 0.1) is 0 Å². The van der Waals surface area contributed by atoms with Crippen LogP contribution in [0.1, 0.15) is 26.5 Å². The van der Waals surface area contributed by atoms with Crippen molar-refractivity contribution in [3.8, 4) is 0 Å². The van der Waals surface area contributed by atoms with Crippen LogP contribution in [0.25, 0.3) is 0 Å². The summed E-state index contributed by atoms with van der Waals surface area (Å²) in [5.41, 5.74) is 1.28. The number of thioether (sulfide) groups is 1. The molecule has 0 aliphatic carbocycles. The van der Waals surface area contributed by atoms with Crippen LogP contribution in [0, 0.1) is 12.3 Å². The van der Waals surface area contributed by atoms with Crippen LogP contribution < -0.4 is 5.32 Å². The van der Waals surface area contributed by atoms with Crippen molar-refractivity contribution in [3.05, 3.63) is 18.0 Å². The highest BCUT2D eigenvalue weighted by Gasteiger charge is 2.23. The average molecular weight is 239 g/mol. The largest absolute Gasteiger partial charge is 0.316 e. The summed E-state index contributed by atoms with van der Waals surface area (Å²) in [6.45, 7) is 8.72. The van der Waals surface area contributed by atoms with E-state index in [1.165, 1.54) is 0 Å². The van der Waals surface area contributed by atoms with Crippen LogP contribution in [0.3, 0.4) is 0 Å². The van der Waals surface area contributed by atoms with Gasteiger partial charge < -0.3 is 5.32 Å². The highest BCUT2D eigenvalue weighted by molar-refractivity contribution is 7.99. The number of aromatic nitrogens is 2. The van der Waals surface area contributed by atoms with Gasteiger partial charge in [-0.2, -0.15) is 0 Å². The van der Waals surface area contributed by atoms with Crippen LogP contribution in [0.15, 0.2) is 17.4 Å². The second-order valence-corrected chi connectivity index (χ2v) is 5.99. The Morgan fingerprint density at radius 1 is 1.44 bits per heavy atom. The molecule has 1 unspecified atom stereocenters. The van der Waals surface area contributed by atoms with Crippen LogP contribution in [-0.2, 0) is 0 Å². The Balaban J connectivity index is 2.56. The molecule has 0 saturated heterocycles. The first-order valence-corrected chi connectivity index (χ1v) is 6.52. The molecule has 0 spiro atoms. The Kier molecular flexibility index (Phi) is 4.74. The topological polar surface area (TPSA) is 37.8 Å². The Morgan fingerprint density at radius 2 is 2.12 bits per heavy atom. The first kappa shape index (κ1) is 13.5. The molecule has 0 amide bonds. The highest BCUT2D eigenvalue weighted by atomic mass is 32.2. The summed E-state index contributed by atoms with van der Waals surface area (Å²) >= 11 is 1.71. The van der Waals surface area contributed by atoms with Crippen molar-refractivity contribution in [2.75, 3.05) is 12.8 Å². The molecule has 0 fully saturated rings. The quantitative estimate of drug-likeness (QED) is 0.647. The molecule has 0 aliphatic heterocycles. The van der Waals surface area contributed by atoms with Crippen LogP contribution in [0.2, 0.25) is 0 Å². The zero-order valence-corrected chi connectivity index (χ0v) is 11.6. The lowest BCUT2D eigenvalue weighted by atomic mass is 9.88. The summed E-state index contributed by atoms with van der Waals surface area (Å²) in [5.74, 6) is 0.990. The molecular weight excluding hydrogens is 218 g/mol. The fraction of sp³-hybridized carbons (Fsp3) is 0.667. The van der Waals surface area contributed by atoms with E-state index in [1.54, 1.807) is 11.8 Å². The highest BCUT2D eigenvalue weighted by Crippen LogP contribution is 2.24. The molecule has 1 aromatic rings. The molecule has 0 bridgehead atoms. The van der Waals surface area contributed by atoms with Crippen molar-refractivity contribution >= 4 is 11.8 Å². The zero-order chi connectivity index (χ0) is 12.2. The predicted molar refractivity (Wildman–Crippen MR) is 69.8 cm³/mol. The van der Waals surface area contributed by atoms with Crippen LogP contribution in [-0.4, -0.2) is 28.8 Å². The molecular formula is C12H21N3S. The number of hydrogen-bond acceptors (Lipinski definition) is 4. The van der Waals surface area contributed by atoms with Gasteiger partial charge in [-0.3, -0.25) is 0 Å². The summed E-state index contributed by atoms with van der Waals surface area (Å²) in [6, 6.07) is 2.38. The SMILES string of the molecule is CNC(CSc1nccc(C)n1)C(C)(C)C. The van der Waals surface area contributed by atoms with E-state index >= 15 is 0 Å². The van der Waals surface area contributed by atoms with E-state index < -0.39 is 0 Å². The van der Waals surface area contributed by atoms with Gasteiger partial charge in [0.25, 0.3) is 0 Å². The van der Waals surface area contributed by atoms with E-state index in [0.29, 0.717) is 6.04 Å². The van der Waals surface area contributed by atoms with Crippen LogP contribution in [0.5, 0.6) is 0 Å². The monoisotopic (exact) mass is 239 g/mol. The minimum atomic E-state index is 0.256. The summed E-state index contributed by atoms with van der Waals surface area (Å²) in [4.78, 5) is 8.64. The second-order valence-electron chi connectivity index (χ2n) is 5.00. The van der Waals surface area contributed by atoms with E-state index in [1.807, 2.05) is 26.2 Å². The summed E-state index contributed by atoms with van der Waals surface area (Å²) < 4.78 is 0. The molecule has 90 valence electrons. The molecule has 1 atom stereocenters. The molecule has 0 saturated carbocycles. The number of nitrogens with zero attached hydrogens (tertiary/aromatic N) is 2. The summed E-state index contributed by atoms with van der Waals surface area (Å²) in [7, 11) is 2.01. The van der Waals surface area contributed by atoms with Crippen molar-refractivity contribution in [2.24, 2.45) is 5.41 Å². The molecule has 16 heavy (non-hydrogen) atoms. The molecule has 4 heteroatoms. The first-order valence-electron chi connectivity index (χ1n) is 5.53. The van der Waals surface area contributed by atoms with Crippen molar-refractivity contribution in [3.63, 3.8) is 0 Å². The minimum absolute atomic E-state index is 0.256. The van der Waals surface area contributed by atoms with Gasteiger partial charge in [0.1, 0.15) is 0 Å². The zero-order valence-electron chi connectivity index (χ0n) is 10.7. The fourth-order valence-corrected chi connectivity index (χ4v) is 2.75. The predicted octanol–water partition coefficient (Wildman–Crippen LogP) is 2.51. The van der Waals surface area contributed by atoms with E-state index in [9.17, 15) is 0 Å². The van der Waals surface area contributed by atoms with Gasteiger partial charge in [0.15, 0.2) is 5.16 Å². The first-order chi connectivity index (χ1) is 7.43. The molecule has 0 aliphatic rings. The molecule has 1 heterocycles. The standard InChI is InChI=1S/C12H21N3S/c1-9-6-7-14-11(15-9)16-8-10(13-5)12(2,3)4/h6-7,10,13H,8H2,1-5H3. The van der Waals surface area contributed by atoms with E-state index in [-0.39, 0.29) is 5.41 Å². The van der Waals surface area contributed by atoms with Gasteiger partial charge in [-0.25, -0.2) is 9.97 Å². The number of aryl methyl sites for hydroxylation is 1. The summed E-state index contributed by atoms with van der Waals surface area (Å²) in [6.07, 6.45) is 1.82. The van der Waals surface area contributed by atoms with E-state index in [0.717, 1.165) is 16.6 Å². The molecule has 1 aromatic heterocycles. The van der Waals surface area contributed by atoms with E-state index in [4.69, 9.17) is 0 Å². The third kappa shape index (κ3) is 4.10. The normalized spacial score (nSPS) is 13.8. The Labute approximate surface area is 102 Å². The molecule has 1 rings (SSSR count). The van der Waals surface area contributed by atoms with Crippen molar-refractivity contribution in [1.82, 2.24) is 15.3 Å². The van der Waals surface area contributed by atoms with Crippen LogP contribution >= 0.6 is 11.8 Å². The molecule has 0 aromatic carbocycles. The third-order valence-corrected chi connectivity index (χ3v) is 3.50. The lowest BCUT2D eigenvalue weighted by Gasteiger charge is -2.29. The van der Waals surface area contributed by atoms with Gasteiger partial charge in [-0.1, -0.05) is 32.5 Å². The van der Waals surface area contributed by atoms with Gasteiger partial charge in [-0.15, -0.1) is 0 Å². The Bertz CT molecular complexity index is 333. The van der Waals surface area contributed by atoms with Gasteiger partial charge in [-0.05, 0) is 25.5 Å². The lowest BCUT2D eigenvalue weighted by molar-refractivity contribution is 0.305. The number of nitrogens with one attached hydrogen (secondary N) is 1. The number of hydrogen-bond donors (Lipinski definition) is 1. The molecule has 3 nitrogen and oxygen atoms in total. The van der Waals surface area contributed by atoms with Crippen molar-refractivity contribution < 1.29 is 0 Å². The maximum absolute atomic E-state index is 4.39. The summed E-state index contributed by atoms with van der Waals surface area (Å²) in [5, 5.41) is 4.22. The van der Waals surface area contributed by atoms with E-state index in [2.05, 4.69) is 36.1 Å². The van der Waals surface area contributed by atoms with Crippen molar-refractivity contribution in [1.29, 1.82) is 0 Å². The second kappa shape index (κ2) is 5.64. The van der Waals surface area contributed by atoms with Gasteiger partial charge in [0.2, 0.25) is 0 Å². The Hall–Kier alpha value is -0.610. The third-order valence-electron chi connectivity index (χ3n) is 2.55. The van der Waals surface area contributed by atoms with Gasteiger partial charge in [0, 0.05) is 23.7 Å².